The Morgan fingerprint density at radius 2 is 2.00 bits per heavy atom. The molecule has 118 valence electrons. The molecule has 0 aliphatic carbocycles. The molecule has 0 aliphatic heterocycles. The van der Waals surface area contributed by atoms with Gasteiger partial charge in [0.15, 0.2) is 10.4 Å². The zero-order valence-corrected chi connectivity index (χ0v) is 14.2. The number of furan rings is 1. The van der Waals surface area contributed by atoms with Crippen LogP contribution >= 0.6 is 27.3 Å². The summed E-state index contributed by atoms with van der Waals surface area (Å²) in [6.07, 6.45) is 0. The molecular weight excluding hydrogens is 382 g/mol. The maximum atomic E-state index is 11.8. The second-order valence-corrected chi connectivity index (χ2v) is 6.54. The van der Waals surface area contributed by atoms with E-state index in [2.05, 4.69) is 31.5 Å². The Hall–Kier alpha value is -2.19. The summed E-state index contributed by atoms with van der Waals surface area (Å²) >= 11 is 4.64. The monoisotopic (exact) mass is 393 g/mol. The molecule has 0 unspecified atom stereocenters. The van der Waals surface area contributed by atoms with Gasteiger partial charge in [0.2, 0.25) is 5.91 Å². The lowest BCUT2D eigenvalue weighted by Crippen LogP contribution is -2.36. The fourth-order valence-electron chi connectivity index (χ4n) is 1.92. The molecule has 0 spiro atoms. The first-order valence-electron chi connectivity index (χ1n) is 6.76. The Labute approximate surface area is 144 Å². The molecule has 2 aromatic heterocycles. The highest BCUT2D eigenvalue weighted by Gasteiger charge is 2.12. The summed E-state index contributed by atoms with van der Waals surface area (Å²) in [6.45, 7) is 0.211. The first-order valence-corrected chi connectivity index (χ1v) is 8.37. The number of benzene rings is 1. The molecule has 0 radical (unpaired) electrons. The lowest BCUT2D eigenvalue weighted by Gasteiger charge is -2.04. The van der Waals surface area contributed by atoms with Gasteiger partial charge < -0.3 is 15.1 Å². The fraction of sp³-hybridized carbons (Fsp3) is 0.133. The standard InChI is InChI=1S/C15H12BrN3O3S/c16-12-6-5-10(22-12)15(21)18-7-13(20)17-8-14-19-9-3-1-2-4-11(9)23-14/h1-6H,7-8H2,(H,17,20)(H,18,21). The van der Waals surface area contributed by atoms with E-state index in [1.165, 1.54) is 17.4 Å². The van der Waals surface area contributed by atoms with Crippen LogP contribution in [0.5, 0.6) is 0 Å². The number of amides is 2. The van der Waals surface area contributed by atoms with Crippen molar-refractivity contribution in [2.24, 2.45) is 0 Å². The van der Waals surface area contributed by atoms with Gasteiger partial charge in [-0.25, -0.2) is 4.98 Å². The minimum absolute atomic E-state index is 0.123. The molecule has 1 aromatic carbocycles. The van der Waals surface area contributed by atoms with Crippen LogP contribution in [0, 0.1) is 0 Å². The maximum Gasteiger partial charge on any atom is 0.287 e. The van der Waals surface area contributed by atoms with Crippen molar-refractivity contribution in [1.82, 2.24) is 15.6 Å². The molecule has 23 heavy (non-hydrogen) atoms. The number of carbonyl (C=O) groups is 2. The van der Waals surface area contributed by atoms with Crippen LogP contribution in [-0.4, -0.2) is 23.3 Å². The maximum absolute atomic E-state index is 11.8. The molecule has 0 saturated carbocycles. The van der Waals surface area contributed by atoms with Gasteiger partial charge in [-0.05, 0) is 40.2 Å². The van der Waals surface area contributed by atoms with Crippen molar-refractivity contribution in [3.8, 4) is 0 Å². The smallest absolute Gasteiger partial charge is 0.287 e. The third kappa shape index (κ3) is 3.96. The van der Waals surface area contributed by atoms with Gasteiger partial charge in [0.05, 0.1) is 23.3 Å². The van der Waals surface area contributed by atoms with Crippen LogP contribution in [0.25, 0.3) is 10.2 Å². The molecule has 0 saturated heterocycles. The van der Waals surface area contributed by atoms with E-state index in [-0.39, 0.29) is 18.2 Å². The van der Waals surface area contributed by atoms with E-state index >= 15 is 0 Å². The van der Waals surface area contributed by atoms with Gasteiger partial charge in [0, 0.05) is 0 Å². The van der Waals surface area contributed by atoms with E-state index in [4.69, 9.17) is 4.42 Å². The Kier molecular flexibility index (Phi) is 4.73. The first-order chi connectivity index (χ1) is 11.1. The molecule has 8 heteroatoms. The summed E-state index contributed by atoms with van der Waals surface area (Å²) in [5.41, 5.74) is 0.915. The summed E-state index contributed by atoms with van der Waals surface area (Å²) in [5, 5.41) is 6.04. The zero-order chi connectivity index (χ0) is 16.2. The van der Waals surface area contributed by atoms with Gasteiger partial charge in [0.25, 0.3) is 5.91 Å². The zero-order valence-electron chi connectivity index (χ0n) is 11.8. The number of nitrogens with one attached hydrogen (secondary N) is 2. The van der Waals surface area contributed by atoms with Crippen molar-refractivity contribution in [1.29, 1.82) is 0 Å². The van der Waals surface area contributed by atoms with Crippen LogP contribution in [0.4, 0.5) is 0 Å². The predicted molar refractivity (Wildman–Crippen MR) is 90.2 cm³/mol. The van der Waals surface area contributed by atoms with Crippen LogP contribution in [0.15, 0.2) is 45.5 Å². The Morgan fingerprint density at radius 3 is 2.74 bits per heavy atom. The number of nitrogens with zero attached hydrogens (tertiary/aromatic N) is 1. The number of hydrogen-bond donors (Lipinski definition) is 2. The number of hydrogen-bond acceptors (Lipinski definition) is 5. The van der Waals surface area contributed by atoms with Gasteiger partial charge in [-0.1, -0.05) is 12.1 Å². The Morgan fingerprint density at radius 1 is 1.17 bits per heavy atom. The predicted octanol–water partition coefficient (Wildman–Crippen LogP) is 2.70. The molecule has 2 heterocycles. The number of thiazole rings is 1. The van der Waals surface area contributed by atoms with E-state index in [0.29, 0.717) is 11.2 Å². The van der Waals surface area contributed by atoms with E-state index in [9.17, 15) is 9.59 Å². The van der Waals surface area contributed by atoms with Crippen molar-refractivity contribution < 1.29 is 14.0 Å². The summed E-state index contributed by atoms with van der Waals surface area (Å²) in [7, 11) is 0. The Bertz CT molecular complexity index is 825. The molecule has 0 fully saturated rings. The minimum atomic E-state index is -0.439. The number of fused-ring (bicyclic) bond motifs is 1. The summed E-state index contributed by atoms with van der Waals surface area (Å²) in [5.74, 6) is -0.579. The molecule has 2 amide bonds. The molecule has 6 nitrogen and oxygen atoms in total. The van der Waals surface area contributed by atoms with Crippen LogP contribution in [0.1, 0.15) is 15.6 Å². The van der Waals surface area contributed by atoms with Crippen molar-refractivity contribution in [3.63, 3.8) is 0 Å². The number of carbonyl (C=O) groups excluding carboxylic acids is 2. The fourth-order valence-corrected chi connectivity index (χ4v) is 3.13. The third-order valence-corrected chi connectivity index (χ3v) is 4.44. The van der Waals surface area contributed by atoms with Gasteiger partial charge >= 0.3 is 0 Å². The lowest BCUT2D eigenvalue weighted by molar-refractivity contribution is -0.120. The van der Waals surface area contributed by atoms with E-state index < -0.39 is 5.91 Å². The molecule has 0 bridgehead atoms. The molecular formula is C15H12BrN3O3S. The molecule has 0 aliphatic rings. The van der Waals surface area contributed by atoms with Crippen LogP contribution < -0.4 is 10.6 Å². The third-order valence-electron chi connectivity index (χ3n) is 2.98. The quantitative estimate of drug-likeness (QED) is 0.697. The molecule has 3 rings (SSSR count). The normalized spacial score (nSPS) is 10.7. The molecule has 3 aromatic rings. The Balaban J connectivity index is 1.48. The largest absolute Gasteiger partial charge is 0.444 e. The van der Waals surface area contributed by atoms with Crippen molar-refractivity contribution >= 4 is 49.3 Å². The molecule has 0 atom stereocenters. The molecule has 2 N–H and O–H groups in total. The van der Waals surface area contributed by atoms with Gasteiger partial charge in [-0.3, -0.25) is 9.59 Å². The number of halogens is 1. The first kappa shape index (κ1) is 15.7. The lowest BCUT2D eigenvalue weighted by atomic mass is 10.3. The van der Waals surface area contributed by atoms with Crippen LogP contribution in [-0.2, 0) is 11.3 Å². The summed E-state index contributed by atoms with van der Waals surface area (Å²) < 4.78 is 6.64. The summed E-state index contributed by atoms with van der Waals surface area (Å²) in [6, 6.07) is 10.9. The summed E-state index contributed by atoms with van der Waals surface area (Å²) in [4.78, 5) is 27.9. The number of para-hydroxylation sites is 1. The van der Waals surface area contributed by atoms with E-state index in [0.717, 1.165) is 15.2 Å². The highest BCUT2D eigenvalue weighted by molar-refractivity contribution is 9.10. The van der Waals surface area contributed by atoms with E-state index in [1.54, 1.807) is 6.07 Å². The average Bonchev–Trinajstić information content (AvgIpc) is 3.16. The highest BCUT2D eigenvalue weighted by Crippen LogP contribution is 2.21. The van der Waals surface area contributed by atoms with Crippen LogP contribution in [0.3, 0.4) is 0 Å². The number of aromatic nitrogens is 1. The van der Waals surface area contributed by atoms with Crippen molar-refractivity contribution in [3.05, 3.63) is 51.8 Å². The average molecular weight is 394 g/mol. The topological polar surface area (TPSA) is 84.2 Å². The SMILES string of the molecule is O=C(CNC(=O)c1ccc(Br)o1)NCc1nc2ccccc2s1. The van der Waals surface area contributed by atoms with Crippen molar-refractivity contribution in [2.45, 2.75) is 6.54 Å². The van der Waals surface area contributed by atoms with Gasteiger partial charge in [-0.2, -0.15) is 0 Å². The minimum Gasteiger partial charge on any atom is -0.444 e. The second kappa shape index (κ2) is 6.93. The van der Waals surface area contributed by atoms with Crippen molar-refractivity contribution in [2.75, 3.05) is 6.54 Å². The van der Waals surface area contributed by atoms with E-state index in [1.807, 2.05) is 24.3 Å². The number of rotatable bonds is 5. The second-order valence-electron chi connectivity index (χ2n) is 4.64. The van der Waals surface area contributed by atoms with Gasteiger partial charge in [0.1, 0.15) is 5.01 Å². The highest BCUT2D eigenvalue weighted by atomic mass is 79.9. The van der Waals surface area contributed by atoms with Gasteiger partial charge in [-0.15, -0.1) is 11.3 Å². The van der Waals surface area contributed by atoms with Crippen LogP contribution in [0.2, 0.25) is 0 Å².